The number of nitrogens with two attached hydrogens (primary N) is 1. The van der Waals surface area contributed by atoms with Crippen LogP contribution in [0.1, 0.15) is 33.1 Å². The van der Waals surface area contributed by atoms with Gasteiger partial charge in [-0.15, -0.1) is 0 Å². The number of rotatable bonds is 4. The monoisotopic (exact) mass is 213 g/mol. The molecular formula is C11H23N3O. The number of hydrogen-bond donors (Lipinski definition) is 2. The standard InChI is InChI=1S/C11H23N3O/c1-8(2)7-13-11(12)14-9-4-5-10(6-9)15-3/h8-10H,4-7H2,1-3H3,(H3,12,13,14). The van der Waals surface area contributed by atoms with Gasteiger partial charge >= 0.3 is 0 Å². The molecule has 4 nitrogen and oxygen atoms in total. The second-order valence-corrected chi connectivity index (χ2v) is 4.63. The minimum Gasteiger partial charge on any atom is -0.381 e. The van der Waals surface area contributed by atoms with Crippen LogP contribution in [0.2, 0.25) is 0 Å². The molecule has 1 rings (SSSR count). The van der Waals surface area contributed by atoms with E-state index in [9.17, 15) is 0 Å². The Morgan fingerprint density at radius 2 is 2.27 bits per heavy atom. The number of hydrogen-bond acceptors (Lipinski definition) is 2. The van der Waals surface area contributed by atoms with E-state index in [2.05, 4.69) is 24.2 Å². The van der Waals surface area contributed by atoms with Gasteiger partial charge in [-0.05, 0) is 25.2 Å². The molecule has 1 aliphatic rings. The van der Waals surface area contributed by atoms with Crippen LogP contribution in [0, 0.1) is 5.92 Å². The summed E-state index contributed by atoms with van der Waals surface area (Å²) in [6, 6.07) is 0.436. The van der Waals surface area contributed by atoms with Crippen LogP contribution < -0.4 is 11.1 Å². The third-order valence-corrected chi connectivity index (χ3v) is 2.70. The maximum absolute atomic E-state index is 5.79. The van der Waals surface area contributed by atoms with E-state index in [-0.39, 0.29) is 0 Å². The summed E-state index contributed by atoms with van der Waals surface area (Å²) in [5, 5.41) is 3.25. The average molecular weight is 213 g/mol. The highest BCUT2D eigenvalue weighted by molar-refractivity contribution is 5.78. The molecule has 2 unspecified atom stereocenters. The Bertz CT molecular complexity index is 216. The molecule has 0 saturated heterocycles. The van der Waals surface area contributed by atoms with Crippen molar-refractivity contribution in [2.45, 2.75) is 45.3 Å². The Kier molecular flexibility index (Phi) is 4.88. The topological polar surface area (TPSA) is 59.6 Å². The van der Waals surface area contributed by atoms with E-state index < -0.39 is 0 Å². The van der Waals surface area contributed by atoms with Gasteiger partial charge in [-0.1, -0.05) is 13.8 Å². The van der Waals surface area contributed by atoms with Gasteiger partial charge in [0.25, 0.3) is 0 Å². The molecule has 0 bridgehead atoms. The lowest BCUT2D eigenvalue weighted by Crippen LogP contribution is -2.39. The second kappa shape index (κ2) is 5.95. The molecule has 15 heavy (non-hydrogen) atoms. The Labute approximate surface area is 92.3 Å². The lowest BCUT2D eigenvalue weighted by Gasteiger charge is -2.13. The van der Waals surface area contributed by atoms with Gasteiger partial charge in [-0.3, -0.25) is 4.99 Å². The van der Waals surface area contributed by atoms with Gasteiger partial charge in [0.15, 0.2) is 5.96 Å². The molecule has 0 aliphatic heterocycles. The van der Waals surface area contributed by atoms with Crippen molar-refractivity contribution in [3.63, 3.8) is 0 Å². The maximum atomic E-state index is 5.79. The van der Waals surface area contributed by atoms with Crippen molar-refractivity contribution in [1.82, 2.24) is 5.32 Å². The molecule has 0 aromatic heterocycles. The van der Waals surface area contributed by atoms with Gasteiger partial charge < -0.3 is 15.8 Å². The summed E-state index contributed by atoms with van der Waals surface area (Å²) in [5.41, 5.74) is 5.79. The van der Waals surface area contributed by atoms with E-state index in [1.807, 2.05) is 0 Å². The summed E-state index contributed by atoms with van der Waals surface area (Å²) in [5.74, 6) is 1.13. The predicted molar refractivity (Wildman–Crippen MR) is 62.9 cm³/mol. The first-order valence-electron chi connectivity index (χ1n) is 5.71. The molecule has 0 amide bonds. The number of guanidine groups is 1. The molecule has 3 N–H and O–H groups in total. The first-order valence-corrected chi connectivity index (χ1v) is 5.71. The molecule has 4 heteroatoms. The van der Waals surface area contributed by atoms with E-state index in [4.69, 9.17) is 10.5 Å². The van der Waals surface area contributed by atoms with Crippen molar-refractivity contribution in [3.8, 4) is 0 Å². The van der Waals surface area contributed by atoms with Crippen LogP contribution in [-0.2, 0) is 4.74 Å². The van der Waals surface area contributed by atoms with E-state index >= 15 is 0 Å². The van der Waals surface area contributed by atoms with Gasteiger partial charge in [-0.25, -0.2) is 0 Å². The Morgan fingerprint density at radius 1 is 1.53 bits per heavy atom. The summed E-state index contributed by atoms with van der Waals surface area (Å²) in [7, 11) is 1.77. The normalized spacial score (nSPS) is 27.3. The summed E-state index contributed by atoms with van der Waals surface area (Å²) < 4.78 is 5.30. The highest BCUT2D eigenvalue weighted by Gasteiger charge is 2.24. The number of ether oxygens (including phenoxy) is 1. The lowest BCUT2D eigenvalue weighted by molar-refractivity contribution is 0.107. The number of nitrogens with one attached hydrogen (secondary N) is 1. The van der Waals surface area contributed by atoms with Crippen LogP contribution in [-0.4, -0.2) is 31.8 Å². The van der Waals surface area contributed by atoms with Crippen LogP contribution >= 0.6 is 0 Å². The summed E-state index contributed by atoms with van der Waals surface area (Å²) in [6.07, 6.45) is 3.66. The van der Waals surface area contributed by atoms with Crippen molar-refractivity contribution >= 4 is 5.96 Å². The quantitative estimate of drug-likeness (QED) is 0.543. The molecule has 1 saturated carbocycles. The zero-order chi connectivity index (χ0) is 11.3. The molecule has 0 spiro atoms. The van der Waals surface area contributed by atoms with Crippen LogP contribution in [0.5, 0.6) is 0 Å². The Balaban J connectivity index is 2.26. The summed E-state index contributed by atoms with van der Waals surface area (Å²) in [4.78, 5) is 4.28. The van der Waals surface area contributed by atoms with Gasteiger partial charge in [0.05, 0.1) is 6.10 Å². The minimum absolute atomic E-state index is 0.389. The Hall–Kier alpha value is -0.770. The van der Waals surface area contributed by atoms with Crippen LogP contribution in [0.15, 0.2) is 4.99 Å². The molecule has 0 radical (unpaired) electrons. The molecule has 0 heterocycles. The van der Waals surface area contributed by atoms with Crippen LogP contribution in [0.25, 0.3) is 0 Å². The minimum atomic E-state index is 0.389. The average Bonchev–Trinajstić information content (AvgIpc) is 2.62. The number of aliphatic imine (C=N–C) groups is 1. The van der Waals surface area contributed by atoms with Gasteiger partial charge in [-0.2, -0.15) is 0 Å². The zero-order valence-electron chi connectivity index (χ0n) is 9.99. The predicted octanol–water partition coefficient (Wildman–Crippen LogP) is 1.11. The number of nitrogens with zero attached hydrogens (tertiary/aromatic N) is 1. The van der Waals surface area contributed by atoms with E-state index in [0.29, 0.717) is 24.0 Å². The molecular weight excluding hydrogens is 190 g/mol. The molecule has 1 aliphatic carbocycles. The van der Waals surface area contributed by atoms with Crippen molar-refractivity contribution < 1.29 is 4.74 Å². The summed E-state index contributed by atoms with van der Waals surface area (Å²) in [6.45, 7) is 5.06. The lowest BCUT2D eigenvalue weighted by atomic mass is 10.2. The fourth-order valence-corrected chi connectivity index (χ4v) is 1.82. The van der Waals surface area contributed by atoms with Gasteiger partial charge in [0, 0.05) is 19.7 Å². The van der Waals surface area contributed by atoms with Gasteiger partial charge in [0.1, 0.15) is 0 Å². The fraction of sp³-hybridized carbons (Fsp3) is 0.909. The van der Waals surface area contributed by atoms with Gasteiger partial charge in [0.2, 0.25) is 0 Å². The van der Waals surface area contributed by atoms with E-state index in [1.54, 1.807) is 7.11 Å². The molecule has 0 aromatic carbocycles. The maximum Gasteiger partial charge on any atom is 0.188 e. The largest absolute Gasteiger partial charge is 0.381 e. The SMILES string of the molecule is COC1CCC(NC(N)=NCC(C)C)C1. The third-order valence-electron chi connectivity index (χ3n) is 2.70. The Morgan fingerprint density at radius 3 is 2.80 bits per heavy atom. The highest BCUT2D eigenvalue weighted by Crippen LogP contribution is 2.20. The molecule has 88 valence electrons. The van der Waals surface area contributed by atoms with Crippen LogP contribution in [0.4, 0.5) is 0 Å². The first-order chi connectivity index (χ1) is 7.11. The van der Waals surface area contributed by atoms with Crippen LogP contribution in [0.3, 0.4) is 0 Å². The first kappa shape index (κ1) is 12.3. The van der Waals surface area contributed by atoms with Crippen molar-refractivity contribution in [3.05, 3.63) is 0 Å². The van der Waals surface area contributed by atoms with E-state index in [0.717, 1.165) is 25.8 Å². The highest BCUT2D eigenvalue weighted by atomic mass is 16.5. The van der Waals surface area contributed by atoms with Crippen molar-refractivity contribution in [2.24, 2.45) is 16.6 Å². The summed E-state index contributed by atoms with van der Waals surface area (Å²) >= 11 is 0. The fourth-order valence-electron chi connectivity index (χ4n) is 1.82. The number of methoxy groups -OCH3 is 1. The second-order valence-electron chi connectivity index (χ2n) is 4.63. The van der Waals surface area contributed by atoms with Crippen molar-refractivity contribution in [1.29, 1.82) is 0 Å². The molecule has 2 atom stereocenters. The zero-order valence-corrected chi connectivity index (χ0v) is 9.99. The third kappa shape index (κ3) is 4.51. The van der Waals surface area contributed by atoms with E-state index in [1.165, 1.54) is 0 Å². The van der Waals surface area contributed by atoms with Crippen molar-refractivity contribution in [2.75, 3.05) is 13.7 Å². The molecule has 0 aromatic rings. The molecule has 1 fully saturated rings. The smallest absolute Gasteiger partial charge is 0.188 e.